The molecule has 0 aliphatic rings. The summed E-state index contributed by atoms with van der Waals surface area (Å²) in [6.07, 6.45) is 0.598. The topological polar surface area (TPSA) is 96.3 Å². The van der Waals surface area contributed by atoms with Gasteiger partial charge < -0.3 is 19.7 Å². The Labute approximate surface area is 114 Å². The summed E-state index contributed by atoms with van der Waals surface area (Å²) in [5, 5.41) is 6.58. The molecule has 0 unspecified atom stereocenters. The van der Waals surface area contributed by atoms with E-state index in [0.29, 0.717) is 50.2 Å². The maximum Gasteiger partial charge on any atom is 0.277 e. The first-order valence-electron chi connectivity index (χ1n) is 5.87. The maximum atomic E-state index is 5.51. The first kappa shape index (κ1) is 14.1. The molecular weight excluding hydrogens is 268 g/mol. The number of aromatic nitrogens is 3. The van der Waals surface area contributed by atoms with Crippen LogP contribution in [0.3, 0.4) is 0 Å². The number of methoxy groups -OCH3 is 1. The van der Waals surface area contributed by atoms with Crippen LogP contribution in [0.1, 0.15) is 10.8 Å². The smallest absolute Gasteiger partial charge is 0.277 e. The molecule has 0 aliphatic heterocycles. The largest absolute Gasteiger partial charge is 0.382 e. The molecule has 0 atom stereocenters. The summed E-state index contributed by atoms with van der Waals surface area (Å²) in [6.45, 7) is 2.10. The Morgan fingerprint density at radius 2 is 2.21 bits per heavy atom. The average Bonchev–Trinajstić information content (AvgIpc) is 3.07. The minimum absolute atomic E-state index is 0.416. The fraction of sp³-hybridized carbons (Fsp3) is 0.545. The van der Waals surface area contributed by atoms with E-state index in [1.165, 1.54) is 11.3 Å². The fourth-order valence-electron chi connectivity index (χ4n) is 1.37. The van der Waals surface area contributed by atoms with Crippen LogP contribution >= 0.6 is 11.3 Å². The fourth-order valence-corrected chi connectivity index (χ4v) is 2.02. The monoisotopic (exact) mass is 284 g/mol. The molecule has 2 heterocycles. The average molecular weight is 284 g/mol. The van der Waals surface area contributed by atoms with Crippen molar-refractivity contribution >= 4 is 11.3 Å². The van der Waals surface area contributed by atoms with Gasteiger partial charge in [0, 0.05) is 25.5 Å². The molecule has 0 aliphatic carbocycles. The highest BCUT2D eigenvalue weighted by molar-refractivity contribution is 7.09. The zero-order chi connectivity index (χ0) is 13.5. The van der Waals surface area contributed by atoms with Crippen molar-refractivity contribution in [1.29, 1.82) is 0 Å². The summed E-state index contributed by atoms with van der Waals surface area (Å²) < 4.78 is 15.4. The number of nitrogens with zero attached hydrogens (tertiary/aromatic N) is 3. The highest BCUT2D eigenvalue weighted by Gasteiger charge is 2.12. The first-order chi connectivity index (χ1) is 9.33. The lowest BCUT2D eigenvalue weighted by atomic mass is 10.4. The number of nitrogens with two attached hydrogens (primary N) is 1. The van der Waals surface area contributed by atoms with Gasteiger partial charge in [0.05, 0.1) is 19.8 Å². The molecule has 0 spiro atoms. The van der Waals surface area contributed by atoms with Gasteiger partial charge in [-0.25, -0.2) is 4.98 Å². The highest BCUT2D eigenvalue weighted by Crippen LogP contribution is 2.19. The second-order valence-electron chi connectivity index (χ2n) is 3.70. The van der Waals surface area contributed by atoms with Crippen LogP contribution in [0.4, 0.5) is 0 Å². The molecule has 0 saturated carbocycles. The number of hydrogen-bond donors (Lipinski definition) is 1. The lowest BCUT2D eigenvalue weighted by Gasteiger charge is -1.99. The molecular formula is C11H16N4O3S. The molecule has 0 saturated heterocycles. The Bertz CT molecular complexity index is 500. The van der Waals surface area contributed by atoms with Gasteiger partial charge in [0.1, 0.15) is 10.7 Å². The van der Waals surface area contributed by atoms with Gasteiger partial charge >= 0.3 is 0 Å². The molecule has 2 aromatic rings. The molecule has 0 aromatic carbocycles. The molecule has 8 heteroatoms. The summed E-state index contributed by atoms with van der Waals surface area (Å²) in [6, 6.07) is 0. The van der Waals surface area contributed by atoms with Crippen LogP contribution in [-0.4, -0.2) is 42.1 Å². The normalized spacial score (nSPS) is 11.1. The second kappa shape index (κ2) is 7.29. The SMILES string of the molecule is COCCOCCc1noc(-c2csc(CN)n2)n1. The maximum absolute atomic E-state index is 5.51. The van der Waals surface area contributed by atoms with E-state index in [2.05, 4.69) is 15.1 Å². The third-order valence-electron chi connectivity index (χ3n) is 2.32. The van der Waals surface area contributed by atoms with Crippen molar-refractivity contribution in [2.75, 3.05) is 26.9 Å². The Hall–Kier alpha value is -1.35. The third kappa shape index (κ3) is 4.06. The van der Waals surface area contributed by atoms with Crippen molar-refractivity contribution in [3.63, 3.8) is 0 Å². The van der Waals surface area contributed by atoms with Crippen LogP contribution in [0.25, 0.3) is 11.6 Å². The van der Waals surface area contributed by atoms with Gasteiger partial charge in [-0.15, -0.1) is 11.3 Å². The zero-order valence-corrected chi connectivity index (χ0v) is 11.5. The lowest BCUT2D eigenvalue weighted by Crippen LogP contribution is -2.05. The van der Waals surface area contributed by atoms with Gasteiger partial charge in [0.25, 0.3) is 5.89 Å². The van der Waals surface area contributed by atoms with E-state index in [4.69, 9.17) is 19.7 Å². The van der Waals surface area contributed by atoms with Crippen LogP contribution in [-0.2, 0) is 22.4 Å². The van der Waals surface area contributed by atoms with Crippen LogP contribution in [0.15, 0.2) is 9.90 Å². The van der Waals surface area contributed by atoms with E-state index in [1.54, 1.807) is 7.11 Å². The molecule has 2 N–H and O–H groups in total. The molecule has 0 amide bonds. The third-order valence-corrected chi connectivity index (χ3v) is 3.19. The van der Waals surface area contributed by atoms with Crippen LogP contribution < -0.4 is 5.73 Å². The van der Waals surface area contributed by atoms with Crippen molar-refractivity contribution in [3.8, 4) is 11.6 Å². The Kier molecular flexibility index (Phi) is 5.40. The van der Waals surface area contributed by atoms with Crippen molar-refractivity contribution in [2.24, 2.45) is 5.73 Å². The molecule has 104 valence electrons. The molecule has 2 rings (SSSR count). The quantitative estimate of drug-likeness (QED) is 0.718. The highest BCUT2D eigenvalue weighted by atomic mass is 32.1. The molecule has 0 fully saturated rings. The van der Waals surface area contributed by atoms with E-state index < -0.39 is 0 Å². The van der Waals surface area contributed by atoms with Gasteiger partial charge in [-0.1, -0.05) is 5.16 Å². The van der Waals surface area contributed by atoms with Crippen molar-refractivity contribution in [2.45, 2.75) is 13.0 Å². The molecule has 2 aromatic heterocycles. The van der Waals surface area contributed by atoms with Crippen molar-refractivity contribution < 1.29 is 14.0 Å². The number of hydrogen-bond acceptors (Lipinski definition) is 8. The van der Waals surface area contributed by atoms with Crippen LogP contribution in [0.2, 0.25) is 0 Å². The molecule has 0 radical (unpaired) electrons. The van der Waals surface area contributed by atoms with E-state index >= 15 is 0 Å². The second-order valence-corrected chi connectivity index (χ2v) is 4.64. The van der Waals surface area contributed by atoms with E-state index in [1.807, 2.05) is 5.38 Å². The summed E-state index contributed by atoms with van der Waals surface area (Å²) >= 11 is 1.48. The van der Waals surface area contributed by atoms with Gasteiger partial charge in [-0.05, 0) is 0 Å². The lowest BCUT2D eigenvalue weighted by molar-refractivity contribution is 0.0714. The summed E-state index contributed by atoms with van der Waals surface area (Å²) in [7, 11) is 1.64. The standard InChI is InChI=1S/C11H16N4O3S/c1-16-4-5-17-3-2-9-14-11(18-15-9)8-7-19-10(6-12)13-8/h7H,2-6,12H2,1H3. The predicted molar refractivity (Wildman–Crippen MR) is 69.7 cm³/mol. The summed E-state index contributed by atoms with van der Waals surface area (Å²) in [5.41, 5.74) is 6.18. The van der Waals surface area contributed by atoms with Gasteiger partial charge in [-0.3, -0.25) is 0 Å². The van der Waals surface area contributed by atoms with Gasteiger partial charge in [-0.2, -0.15) is 4.98 Å². The minimum Gasteiger partial charge on any atom is -0.382 e. The number of ether oxygens (including phenoxy) is 2. The molecule has 0 bridgehead atoms. The van der Waals surface area contributed by atoms with E-state index in [0.717, 1.165) is 5.01 Å². The van der Waals surface area contributed by atoms with Crippen molar-refractivity contribution in [1.82, 2.24) is 15.1 Å². The summed E-state index contributed by atoms with van der Waals surface area (Å²) in [5.74, 6) is 1.03. The Morgan fingerprint density at radius 3 is 2.95 bits per heavy atom. The first-order valence-corrected chi connectivity index (χ1v) is 6.75. The number of rotatable bonds is 8. The van der Waals surface area contributed by atoms with E-state index in [9.17, 15) is 0 Å². The van der Waals surface area contributed by atoms with Crippen molar-refractivity contribution in [3.05, 3.63) is 16.2 Å². The number of thiazole rings is 1. The molecule has 19 heavy (non-hydrogen) atoms. The van der Waals surface area contributed by atoms with Crippen LogP contribution in [0, 0.1) is 0 Å². The minimum atomic E-state index is 0.416. The Balaban J connectivity index is 1.84. The Morgan fingerprint density at radius 1 is 1.32 bits per heavy atom. The van der Waals surface area contributed by atoms with E-state index in [-0.39, 0.29) is 0 Å². The summed E-state index contributed by atoms with van der Waals surface area (Å²) in [4.78, 5) is 8.54. The predicted octanol–water partition coefficient (Wildman–Crippen LogP) is 0.857. The molecule has 7 nitrogen and oxygen atoms in total. The van der Waals surface area contributed by atoms with Gasteiger partial charge in [0.2, 0.25) is 0 Å². The van der Waals surface area contributed by atoms with Crippen LogP contribution in [0.5, 0.6) is 0 Å². The zero-order valence-electron chi connectivity index (χ0n) is 10.7. The van der Waals surface area contributed by atoms with Gasteiger partial charge in [0.15, 0.2) is 5.82 Å².